The van der Waals surface area contributed by atoms with Crippen LogP contribution in [0.25, 0.3) is 11.3 Å². The fourth-order valence-corrected chi connectivity index (χ4v) is 4.14. The lowest BCUT2D eigenvalue weighted by Gasteiger charge is -2.33. The van der Waals surface area contributed by atoms with Crippen LogP contribution in [0.2, 0.25) is 0 Å². The summed E-state index contributed by atoms with van der Waals surface area (Å²) in [6.45, 7) is -2.20. The van der Waals surface area contributed by atoms with Gasteiger partial charge in [0.05, 0.1) is 5.69 Å². The summed E-state index contributed by atoms with van der Waals surface area (Å²) in [5, 5.41) is 0. The highest BCUT2D eigenvalue weighted by molar-refractivity contribution is 6.98. The first-order valence-electron chi connectivity index (χ1n) is 10.7. The van der Waals surface area contributed by atoms with Crippen LogP contribution in [0.5, 0.6) is 23.0 Å². The van der Waals surface area contributed by atoms with Gasteiger partial charge in [-0.2, -0.15) is 0 Å². The van der Waals surface area contributed by atoms with Gasteiger partial charge in [0.25, 0.3) is 6.71 Å². The second-order valence-corrected chi connectivity index (χ2v) is 7.00. The van der Waals surface area contributed by atoms with E-state index < -0.39 is 6.85 Å². The van der Waals surface area contributed by atoms with Crippen LogP contribution in [0.1, 0.15) is 9.68 Å². The summed E-state index contributed by atoms with van der Waals surface area (Å²) < 4.78 is 35.4. The molecule has 28 heavy (non-hydrogen) atoms. The Balaban J connectivity index is 1.57. The maximum atomic E-state index is 7.59. The molecule has 6 rings (SSSR count). The van der Waals surface area contributed by atoms with E-state index >= 15 is 0 Å². The van der Waals surface area contributed by atoms with Crippen LogP contribution < -0.4 is 25.9 Å². The van der Waals surface area contributed by atoms with Crippen LogP contribution in [0.15, 0.2) is 79.0 Å². The minimum absolute atomic E-state index is 0.0125. The second-order valence-electron chi connectivity index (χ2n) is 7.00. The Morgan fingerprint density at radius 1 is 0.786 bits per heavy atom. The lowest BCUT2D eigenvalue weighted by molar-refractivity contribution is 0.465. The van der Waals surface area contributed by atoms with Gasteiger partial charge in [-0.25, -0.2) is 0 Å². The molecule has 3 aromatic carbocycles. The topological polar surface area (TPSA) is 31.4 Å². The molecule has 4 heteroatoms. The summed E-state index contributed by atoms with van der Waals surface area (Å²) in [5.41, 5.74) is 4.83. The Morgan fingerprint density at radius 2 is 1.54 bits per heavy atom. The average Bonchev–Trinajstić information content (AvgIpc) is 2.78. The van der Waals surface area contributed by atoms with E-state index in [1.165, 1.54) is 6.20 Å². The molecule has 3 nitrogen and oxygen atoms in total. The van der Waals surface area contributed by atoms with E-state index in [2.05, 4.69) is 17.1 Å². The Hall–Kier alpha value is -3.53. The Morgan fingerprint density at radius 3 is 2.25 bits per heavy atom. The molecule has 0 atom stereocenters. The van der Waals surface area contributed by atoms with Gasteiger partial charge >= 0.3 is 0 Å². The highest BCUT2D eigenvalue weighted by atomic mass is 16.5. The molecule has 0 radical (unpaired) electrons. The van der Waals surface area contributed by atoms with E-state index in [1.807, 2.05) is 48.5 Å². The van der Waals surface area contributed by atoms with Crippen molar-refractivity contribution >= 4 is 23.1 Å². The predicted molar refractivity (Wildman–Crippen MR) is 112 cm³/mol. The normalized spacial score (nSPS) is 15.0. The average molecular weight is 364 g/mol. The molecular weight excluding hydrogens is 345 g/mol. The Labute approximate surface area is 167 Å². The fourth-order valence-electron chi connectivity index (χ4n) is 4.14. The zero-order chi connectivity index (χ0) is 21.2. The van der Waals surface area contributed by atoms with Crippen molar-refractivity contribution in [1.82, 2.24) is 4.98 Å². The third kappa shape index (κ3) is 2.15. The van der Waals surface area contributed by atoms with Gasteiger partial charge in [-0.3, -0.25) is 4.98 Å². The summed E-state index contributed by atoms with van der Waals surface area (Å²) in [6, 6.07) is 23.3. The molecule has 0 unspecified atom stereocenters. The molecule has 0 fully saturated rings. The number of aryl methyl sites for hydroxylation is 1. The number of fused-ring (bicyclic) bond motifs is 4. The quantitative estimate of drug-likeness (QED) is 0.416. The molecule has 0 saturated heterocycles. The number of hydrogen-bond donors (Lipinski definition) is 0. The number of para-hydroxylation sites is 2. The molecule has 0 bridgehead atoms. The first kappa shape index (κ1) is 12.8. The van der Waals surface area contributed by atoms with Crippen LogP contribution in [0, 0.1) is 6.85 Å². The Kier molecular flexibility index (Phi) is 2.62. The summed E-state index contributed by atoms with van der Waals surface area (Å²) in [5.74, 6) is 3.10. The van der Waals surface area contributed by atoms with Crippen LogP contribution in [0.3, 0.4) is 0 Å². The van der Waals surface area contributed by atoms with Gasteiger partial charge in [0.1, 0.15) is 23.0 Å². The molecule has 1 aromatic heterocycles. The van der Waals surface area contributed by atoms with E-state index in [1.54, 1.807) is 12.1 Å². The van der Waals surface area contributed by atoms with E-state index in [4.69, 9.17) is 13.6 Å². The van der Waals surface area contributed by atoms with Gasteiger partial charge in [-0.15, -0.1) is 0 Å². The van der Waals surface area contributed by atoms with E-state index in [9.17, 15) is 0 Å². The summed E-state index contributed by atoms with van der Waals surface area (Å²) in [7, 11) is 0. The summed E-state index contributed by atoms with van der Waals surface area (Å²) >= 11 is 0. The number of ether oxygens (including phenoxy) is 2. The van der Waals surface area contributed by atoms with Crippen molar-refractivity contribution in [2.24, 2.45) is 0 Å². The van der Waals surface area contributed by atoms with Crippen molar-refractivity contribution in [3.05, 3.63) is 84.6 Å². The summed E-state index contributed by atoms with van der Waals surface area (Å²) in [4.78, 5) is 4.44. The molecule has 0 spiro atoms. The van der Waals surface area contributed by atoms with Gasteiger partial charge in [0, 0.05) is 21.3 Å². The lowest BCUT2D eigenvalue weighted by Crippen LogP contribution is -2.57. The molecule has 0 saturated carbocycles. The highest BCUT2D eigenvalue weighted by Crippen LogP contribution is 2.39. The van der Waals surface area contributed by atoms with Crippen molar-refractivity contribution in [2.75, 3.05) is 0 Å². The molecule has 2 aliphatic heterocycles. The molecule has 132 valence electrons. The monoisotopic (exact) mass is 364 g/mol. The number of rotatable bonds is 1. The van der Waals surface area contributed by atoms with Crippen LogP contribution in [-0.2, 0) is 0 Å². The lowest BCUT2D eigenvalue weighted by atomic mass is 9.34. The highest BCUT2D eigenvalue weighted by Gasteiger charge is 2.40. The van der Waals surface area contributed by atoms with Gasteiger partial charge < -0.3 is 9.47 Å². The van der Waals surface area contributed by atoms with Crippen molar-refractivity contribution in [2.45, 2.75) is 6.85 Å². The van der Waals surface area contributed by atoms with E-state index in [-0.39, 0.29) is 12.3 Å². The zero-order valence-electron chi connectivity index (χ0n) is 17.8. The van der Waals surface area contributed by atoms with Crippen LogP contribution in [0.4, 0.5) is 0 Å². The number of nitrogens with zero attached hydrogens (tertiary/aromatic N) is 1. The minimum Gasteiger partial charge on any atom is -0.458 e. The molecule has 0 amide bonds. The third-order valence-electron chi connectivity index (χ3n) is 5.38. The standard InChI is InChI=1S/C24H16BNO2/c1-15-10-12-19(26-14-15)16-11-13-22-23-24(16)28-21-9-5-3-7-18(21)25(23)17-6-2-4-8-20(17)27-22/h2-14H,1H3/i1D3. The maximum Gasteiger partial charge on any atom is 0.260 e. The van der Waals surface area contributed by atoms with Gasteiger partial charge in [0.15, 0.2) is 0 Å². The maximum absolute atomic E-state index is 7.59. The molecular formula is C24H16BNO2. The number of pyridine rings is 1. The molecule has 0 N–H and O–H groups in total. The second kappa shape index (κ2) is 5.73. The first-order chi connectivity index (χ1) is 15.0. The predicted octanol–water partition coefficient (Wildman–Crippen LogP) is 3.78. The SMILES string of the molecule is [2H]C([2H])([2H])c1ccc(-c2ccc3c4c2Oc2ccccc2B4c2ccccc2O3)nc1. The zero-order valence-corrected chi connectivity index (χ0v) is 14.8. The molecule has 2 aliphatic rings. The van der Waals surface area contributed by atoms with Crippen molar-refractivity contribution in [3.8, 4) is 34.3 Å². The Bertz CT molecular complexity index is 1320. The number of benzene rings is 3. The molecule has 4 aromatic rings. The molecule has 0 aliphatic carbocycles. The van der Waals surface area contributed by atoms with Crippen molar-refractivity contribution < 1.29 is 13.6 Å². The smallest absolute Gasteiger partial charge is 0.260 e. The van der Waals surface area contributed by atoms with E-state index in [0.717, 1.165) is 39.2 Å². The largest absolute Gasteiger partial charge is 0.458 e. The minimum atomic E-state index is -2.19. The number of hydrogen-bond acceptors (Lipinski definition) is 3. The van der Waals surface area contributed by atoms with E-state index in [0.29, 0.717) is 11.4 Å². The fraction of sp³-hybridized carbons (Fsp3) is 0.0417. The van der Waals surface area contributed by atoms with Crippen molar-refractivity contribution in [1.29, 1.82) is 0 Å². The molecule has 3 heterocycles. The third-order valence-corrected chi connectivity index (χ3v) is 5.38. The van der Waals surface area contributed by atoms with Crippen LogP contribution >= 0.6 is 0 Å². The van der Waals surface area contributed by atoms with Gasteiger partial charge in [-0.1, -0.05) is 42.5 Å². The first-order valence-corrected chi connectivity index (χ1v) is 9.18. The van der Waals surface area contributed by atoms with Crippen molar-refractivity contribution in [3.63, 3.8) is 0 Å². The van der Waals surface area contributed by atoms with Gasteiger partial charge in [0.2, 0.25) is 0 Å². The van der Waals surface area contributed by atoms with Gasteiger partial charge in [-0.05, 0) is 53.7 Å². The number of aromatic nitrogens is 1. The summed E-state index contributed by atoms with van der Waals surface area (Å²) in [6.07, 6.45) is 1.41. The van der Waals surface area contributed by atoms with Crippen LogP contribution in [-0.4, -0.2) is 11.7 Å².